The maximum atomic E-state index is 11.9. The molecule has 0 fully saturated rings. The maximum Gasteiger partial charge on any atom is 0.311 e. The van der Waals surface area contributed by atoms with Gasteiger partial charge in [-0.3, -0.25) is 19.9 Å². The third kappa shape index (κ3) is 3.88. The third-order valence-electron chi connectivity index (χ3n) is 3.04. The van der Waals surface area contributed by atoms with Gasteiger partial charge in [-0.2, -0.15) is 5.10 Å². The number of nitrogens with one attached hydrogen (secondary N) is 1. The lowest BCUT2D eigenvalue weighted by Gasteiger charge is -2.05. The van der Waals surface area contributed by atoms with E-state index in [1.165, 1.54) is 25.4 Å². The van der Waals surface area contributed by atoms with Crippen LogP contribution in [-0.4, -0.2) is 28.6 Å². The minimum absolute atomic E-state index is 0.158. The molecule has 1 aromatic carbocycles. The lowest BCUT2D eigenvalue weighted by molar-refractivity contribution is -0.385. The maximum absolute atomic E-state index is 11.9. The summed E-state index contributed by atoms with van der Waals surface area (Å²) < 4.78 is 4.94. The van der Waals surface area contributed by atoms with Crippen molar-refractivity contribution in [1.82, 2.24) is 10.4 Å². The molecule has 1 amide bonds. The third-order valence-corrected chi connectivity index (χ3v) is 3.04. The van der Waals surface area contributed by atoms with E-state index in [1.807, 2.05) is 0 Å². The van der Waals surface area contributed by atoms with Gasteiger partial charge in [-0.15, -0.1) is 0 Å². The first-order valence-corrected chi connectivity index (χ1v) is 6.60. The molecule has 0 spiro atoms. The average molecular weight is 314 g/mol. The van der Waals surface area contributed by atoms with Gasteiger partial charge in [0.2, 0.25) is 0 Å². The number of methoxy groups -OCH3 is 1. The van der Waals surface area contributed by atoms with Crippen molar-refractivity contribution in [3.63, 3.8) is 0 Å². The van der Waals surface area contributed by atoms with Crippen LogP contribution in [0.4, 0.5) is 5.69 Å². The fourth-order valence-corrected chi connectivity index (χ4v) is 1.82. The Labute approximate surface area is 132 Å². The highest BCUT2D eigenvalue weighted by Gasteiger charge is 2.16. The summed E-state index contributed by atoms with van der Waals surface area (Å²) in [6, 6.07) is 7.69. The lowest BCUT2D eigenvalue weighted by Crippen LogP contribution is -2.19. The zero-order valence-electron chi connectivity index (χ0n) is 12.5. The first-order chi connectivity index (χ1) is 11.0. The van der Waals surface area contributed by atoms with Gasteiger partial charge in [0.25, 0.3) is 5.91 Å². The van der Waals surface area contributed by atoms with E-state index in [4.69, 9.17) is 4.74 Å². The molecule has 2 rings (SSSR count). The summed E-state index contributed by atoms with van der Waals surface area (Å²) in [5.74, 6) is -0.258. The van der Waals surface area contributed by atoms with E-state index in [0.29, 0.717) is 16.8 Å². The van der Waals surface area contributed by atoms with Crippen LogP contribution in [0.25, 0.3) is 0 Å². The number of carbonyl (C=O) groups excluding carboxylic acids is 1. The normalized spacial score (nSPS) is 11.0. The summed E-state index contributed by atoms with van der Waals surface area (Å²) in [5, 5.41) is 15.0. The predicted octanol–water partition coefficient (Wildman–Crippen LogP) is 2.15. The Morgan fingerprint density at radius 3 is 2.74 bits per heavy atom. The fourth-order valence-electron chi connectivity index (χ4n) is 1.82. The van der Waals surface area contributed by atoms with Crippen molar-refractivity contribution < 1.29 is 14.5 Å². The molecule has 118 valence electrons. The molecule has 23 heavy (non-hydrogen) atoms. The van der Waals surface area contributed by atoms with E-state index < -0.39 is 10.8 Å². The lowest BCUT2D eigenvalue weighted by atomic mass is 10.1. The minimum Gasteiger partial charge on any atom is -0.490 e. The Hall–Kier alpha value is -3.29. The molecule has 0 saturated carbocycles. The second-order valence-electron chi connectivity index (χ2n) is 4.52. The van der Waals surface area contributed by atoms with Gasteiger partial charge in [-0.25, -0.2) is 5.43 Å². The number of rotatable bonds is 5. The molecule has 1 heterocycles. The number of ether oxygens (including phenoxy) is 1. The van der Waals surface area contributed by atoms with Crippen molar-refractivity contribution in [3.05, 3.63) is 64.0 Å². The van der Waals surface area contributed by atoms with Crippen LogP contribution in [0.15, 0.2) is 47.8 Å². The number of amides is 1. The zero-order valence-corrected chi connectivity index (χ0v) is 12.5. The van der Waals surface area contributed by atoms with Gasteiger partial charge in [-0.05, 0) is 31.2 Å². The Morgan fingerprint density at radius 1 is 1.35 bits per heavy atom. The largest absolute Gasteiger partial charge is 0.490 e. The van der Waals surface area contributed by atoms with Crippen LogP contribution in [0.1, 0.15) is 22.8 Å². The molecule has 8 heteroatoms. The van der Waals surface area contributed by atoms with Crippen molar-refractivity contribution in [2.75, 3.05) is 7.11 Å². The summed E-state index contributed by atoms with van der Waals surface area (Å²) in [6.07, 6.45) is 2.97. The first kappa shape index (κ1) is 16.1. The number of hydrogen-bond donors (Lipinski definition) is 1. The molecule has 1 N–H and O–H groups in total. The SMILES string of the molecule is COc1ccc(C(C)=NNC(=O)c2cccnc2)cc1[N+](=O)[O-]. The van der Waals surface area contributed by atoms with Crippen LogP contribution in [0.3, 0.4) is 0 Å². The van der Waals surface area contributed by atoms with Gasteiger partial charge in [0.05, 0.1) is 23.3 Å². The number of aromatic nitrogens is 1. The van der Waals surface area contributed by atoms with Crippen LogP contribution in [0, 0.1) is 10.1 Å². The molecule has 0 aliphatic rings. The Bertz CT molecular complexity index is 759. The number of hydrazone groups is 1. The Kier molecular flexibility index (Phi) is 4.98. The molecule has 0 atom stereocenters. The van der Waals surface area contributed by atoms with Crippen molar-refractivity contribution in [2.45, 2.75) is 6.92 Å². The quantitative estimate of drug-likeness (QED) is 0.517. The van der Waals surface area contributed by atoms with Crippen LogP contribution in [0.5, 0.6) is 5.75 Å². The summed E-state index contributed by atoms with van der Waals surface area (Å²) in [5.41, 5.74) is 3.51. The van der Waals surface area contributed by atoms with Crippen molar-refractivity contribution in [2.24, 2.45) is 5.10 Å². The molecule has 8 nitrogen and oxygen atoms in total. The number of carbonyl (C=O) groups is 1. The molecule has 0 radical (unpaired) electrons. The van der Waals surface area contributed by atoms with Gasteiger partial charge >= 0.3 is 5.69 Å². The fraction of sp³-hybridized carbons (Fsp3) is 0.133. The van der Waals surface area contributed by atoms with Crippen LogP contribution in [-0.2, 0) is 0 Å². The van der Waals surface area contributed by atoms with Crippen LogP contribution >= 0.6 is 0 Å². The number of nitro groups is 1. The molecule has 0 aliphatic carbocycles. The monoisotopic (exact) mass is 314 g/mol. The van der Waals surface area contributed by atoms with Gasteiger partial charge in [0, 0.05) is 24.0 Å². The summed E-state index contributed by atoms with van der Waals surface area (Å²) in [4.78, 5) is 26.2. The Balaban J connectivity index is 2.20. The van der Waals surface area contributed by atoms with Crippen LogP contribution in [0.2, 0.25) is 0 Å². The van der Waals surface area contributed by atoms with Gasteiger partial charge in [0.15, 0.2) is 5.75 Å². The summed E-state index contributed by atoms with van der Waals surface area (Å²) >= 11 is 0. The smallest absolute Gasteiger partial charge is 0.311 e. The molecular weight excluding hydrogens is 300 g/mol. The number of hydrogen-bond acceptors (Lipinski definition) is 6. The van der Waals surface area contributed by atoms with E-state index >= 15 is 0 Å². The number of pyridine rings is 1. The molecule has 1 aromatic heterocycles. The standard InChI is InChI=1S/C15H14N4O4/c1-10(17-18-15(20)12-4-3-7-16-9-12)11-5-6-14(23-2)13(8-11)19(21)22/h3-9H,1-2H3,(H,18,20). The van der Waals surface area contributed by atoms with Gasteiger partial charge < -0.3 is 4.74 Å². The van der Waals surface area contributed by atoms with E-state index in [0.717, 1.165) is 0 Å². The molecular formula is C15H14N4O4. The number of nitro benzene ring substituents is 1. The van der Waals surface area contributed by atoms with Crippen molar-refractivity contribution >= 4 is 17.3 Å². The van der Waals surface area contributed by atoms with Crippen molar-refractivity contribution in [1.29, 1.82) is 0 Å². The van der Waals surface area contributed by atoms with Crippen LogP contribution < -0.4 is 10.2 Å². The highest BCUT2D eigenvalue weighted by Crippen LogP contribution is 2.27. The summed E-state index contributed by atoms with van der Waals surface area (Å²) in [7, 11) is 1.36. The predicted molar refractivity (Wildman–Crippen MR) is 83.6 cm³/mol. The second-order valence-corrected chi connectivity index (χ2v) is 4.52. The molecule has 0 saturated heterocycles. The topological polar surface area (TPSA) is 107 Å². The highest BCUT2D eigenvalue weighted by molar-refractivity contribution is 6.01. The Morgan fingerprint density at radius 2 is 2.13 bits per heavy atom. The molecule has 0 aliphatic heterocycles. The van der Waals surface area contributed by atoms with E-state index in [1.54, 1.807) is 31.3 Å². The first-order valence-electron chi connectivity index (χ1n) is 6.60. The van der Waals surface area contributed by atoms with Gasteiger partial charge in [-0.1, -0.05) is 0 Å². The molecule has 0 unspecified atom stereocenters. The molecule has 2 aromatic rings. The number of benzene rings is 1. The van der Waals surface area contributed by atoms with E-state index in [-0.39, 0.29) is 11.4 Å². The summed E-state index contributed by atoms with van der Waals surface area (Å²) in [6.45, 7) is 1.63. The number of nitrogens with zero attached hydrogens (tertiary/aromatic N) is 3. The van der Waals surface area contributed by atoms with E-state index in [2.05, 4.69) is 15.5 Å². The minimum atomic E-state index is -0.538. The second kappa shape index (κ2) is 7.12. The van der Waals surface area contributed by atoms with Gasteiger partial charge in [0.1, 0.15) is 0 Å². The average Bonchev–Trinajstić information content (AvgIpc) is 2.59. The van der Waals surface area contributed by atoms with E-state index in [9.17, 15) is 14.9 Å². The molecule has 0 bridgehead atoms. The zero-order chi connectivity index (χ0) is 16.8. The van der Waals surface area contributed by atoms with Crippen molar-refractivity contribution in [3.8, 4) is 5.75 Å². The highest BCUT2D eigenvalue weighted by atomic mass is 16.6.